The van der Waals surface area contributed by atoms with Crippen molar-refractivity contribution >= 4 is 0 Å². The van der Waals surface area contributed by atoms with Crippen LogP contribution < -0.4 is 5.32 Å². The number of nitrogens with zero attached hydrogens (tertiary/aromatic N) is 2. The van der Waals surface area contributed by atoms with Crippen LogP contribution in [-0.2, 0) is 32.7 Å². The van der Waals surface area contributed by atoms with E-state index in [1.807, 2.05) is 30.3 Å². The molecule has 2 aliphatic heterocycles. The van der Waals surface area contributed by atoms with Crippen LogP contribution in [-0.4, -0.2) is 50.7 Å². The smallest absolute Gasteiger partial charge is 0.00914 e. The average molecular weight is 348 g/mol. The fourth-order valence-corrected chi connectivity index (χ4v) is 2.33. The maximum Gasteiger partial charge on any atom is 0.00914 e. The Bertz CT molecular complexity index is 295. The Hall–Kier alpha value is 0.204. The van der Waals surface area contributed by atoms with Gasteiger partial charge in [-0.3, -0.25) is 0 Å². The summed E-state index contributed by atoms with van der Waals surface area (Å²) in [6.07, 6.45) is 2.64. The van der Waals surface area contributed by atoms with Gasteiger partial charge in [0.1, 0.15) is 0 Å². The van der Waals surface area contributed by atoms with Gasteiger partial charge >= 0.3 is 0 Å². The monoisotopic (exact) mass is 348 g/mol. The van der Waals surface area contributed by atoms with Crippen molar-refractivity contribution in [1.29, 1.82) is 0 Å². The van der Waals surface area contributed by atoms with Crippen LogP contribution in [0.5, 0.6) is 0 Å². The molecule has 0 saturated carbocycles. The molecule has 0 unspecified atom stereocenters. The molecule has 0 spiro atoms. The van der Waals surface area contributed by atoms with Crippen LogP contribution in [0.25, 0.3) is 5.32 Å². The molecule has 1 aromatic rings. The van der Waals surface area contributed by atoms with Crippen molar-refractivity contribution in [3.63, 3.8) is 0 Å². The van der Waals surface area contributed by atoms with Crippen molar-refractivity contribution in [2.24, 2.45) is 5.92 Å². The molecule has 2 fully saturated rings. The van der Waals surface area contributed by atoms with E-state index in [4.69, 9.17) is 0 Å². The summed E-state index contributed by atoms with van der Waals surface area (Å²) in [5.74, 6) is 0.847. The SMILES string of the molecule is CN1CCC(NCC2C[N-]C2)CC1.[Y].[c-]1ccccc1. The summed E-state index contributed by atoms with van der Waals surface area (Å²) in [6, 6.07) is 13.3. The van der Waals surface area contributed by atoms with E-state index in [1.165, 1.54) is 32.5 Å². The fourth-order valence-electron chi connectivity index (χ4n) is 2.33. The molecule has 2 saturated heterocycles. The van der Waals surface area contributed by atoms with E-state index < -0.39 is 0 Å². The summed E-state index contributed by atoms with van der Waals surface area (Å²) in [5, 5.41) is 7.88. The number of benzene rings is 1. The zero-order chi connectivity index (χ0) is 13.3. The standard InChI is InChI=1S/C10H20N3.C6H5.Y/c1-13-4-2-10(3-5-13)12-8-9-6-11-7-9;1-2-4-6-5-3-1;/h9-10,12H,2-8H2,1H3;1-5H;/q2*-1;. The quantitative estimate of drug-likeness (QED) is 0.849. The van der Waals surface area contributed by atoms with E-state index in [9.17, 15) is 0 Å². The molecule has 20 heavy (non-hydrogen) atoms. The first-order valence-electron chi connectivity index (χ1n) is 7.31. The van der Waals surface area contributed by atoms with Crippen molar-refractivity contribution in [2.45, 2.75) is 18.9 Å². The third-order valence-electron chi connectivity index (χ3n) is 3.80. The molecule has 1 radical (unpaired) electrons. The summed E-state index contributed by atoms with van der Waals surface area (Å²) in [5.41, 5.74) is 0. The zero-order valence-corrected chi connectivity index (χ0v) is 15.3. The molecule has 1 N–H and O–H groups in total. The van der Waals surface area contributed by atoms with Gasteiger partial charge in [0, 0.05) is 38.8 Å². The van der Waals surface area contributed by atoms with Crippen molar-refractivity contribution < 1.29 is 32.7 Å². The number of piperidine rings is 1. The summed E-state index contributed by atoms with van der Waals surface area (Å²) in [6.45, 7) is 5.90. The predicted molar refractivity (Wildman–Crippen MR) is 80.4 cm³/mol. The largest absolute Gasteiger partial charge is 0.662 e. The first-order valence-corrected chi connectivity index (χ1v) is 7.31. The molecular formula is C16H25N3Y-2. The Labute approximate surface area is 148 Å². The molecule has 109 valence electrons. The third-order valence-corrected chi connectivity index (χ3v) is 3.80. The second-order valence-electron chi connectivity index (χ2n) is 5.52. The average Bonchev–Trinajstić information content (AvgIpc) is 2.42. The van der Waals surface area contributed by atoms with E-state index in [0.29, 0.717) is 0 Å². The van der Waals surface area contributed by atoms with E-state index in [2.05, 4.69) is 28.6 Å². The maximum atomic E-state index is 4.23. The number of hydrogen-bond acceptors (Lipinski definition) is 2. The van der Waals surface area contributed by atoms with Gasteiger partial charge in [-0.2, -0.15) is 36.4 Å². The molecule has 3 nitrogen and oxygen atoms in total. The third kappa shape index (κ3) is 7.28. The zero-order valence-electron chi connectivity index (χ0n) is 12.5. The Morgan fingerprint density at radius 1 is 1.15 bits per heavy atom. The van der Waals surface area contributed by atoms with Crippen LogP contribution in [0.1, 0.15) is 12.8 Å². The maximum absolute atomic E-state index is 4.23. The van der Waals surface area contributed by atoms with Crippen LogP contribution in [0.3, 0.4) is 0 Å². The first kappa shape index (κ1) is 18.3. The van der Waals surface area contributed by atoms with E-state index in [1.54, 1.807) is 0 Å². The summed E-state index contributed by atoms with van der Waals surface area (Å²) in [7, 11) is 2.21. The van der Waals surface area contributed by atoms with Gasteiger partial charge in [-0.05, 0) is 39.5 Å². The Kier molecular flexibility index (Phi) is 9.91. The van der Waals surface area contributed by atoms with Crippen LogP contribution in [0.4, 0.5) is 0 Å². The first-order chi connectivity index (χ1) is 9.34. The van der Waals surface area contributed by atoms with Crippen LogP contribution >= 0.6 is 0 Å². The summed E-state index contributed by atoms with van der Waals surface area (Å²) in [4.78, 5) is 2.41. The van der Waals surface area contributed by atoms with Crippen LogP contribution in [0.15, 0.2) is 30.3 Å². The van der Waals surface area contributed by atoms with Gasteiger partial charge in [-0.15, -0.1) is 13.1 Å². The topological polar surface area (TPSA) is 29.4 Å². The molecule has 2 aliphatic rings. The predicted octanol–water partition coefficient (Wildman–Crippen LogP) is 2.16. The second-order valence-corrected chi connectivity index (χ2v) is 5.52. The molecule has 0 bridgehead atoms. The minimum atomic E-state index is 0. The molecule has 0 atom stereocenters. The van der Waals surface area contributed by atoms with Gasteiger partial charge in [0.25, 0.3) is 0 Å². The molecule has 2 heterocycles. The molecule has 1 aromatic carbocycles. The fraction of sp³-hybridized carbons (Fsp3) is 0.625. The normalized spacial score (nSPS) is 20.2. The Balaban J connectivity index is 0.000000243. The van der Waals surface area contributed by atoms with Crippen LogP contribution in [0, 0.1) is 12.0 Å². The summed E-state index contributed by atoms with van der Waals surface area (Å²) < 4.78 is 0. The number of likely N-dealkylation sites (tertiary alicyclic amines) is 1. The van der Waals surface area contributed by atoms with Gasteiger partial charge in [0.15, 0.2) is 0 Å². The number of nitrogens with one attached hydrogen (secondary N) is 1. The van der Waals surface area contributed by atoms with Crippen molar-refractivity contribution in [3.05, 3.63) is 41.7 Å². The summed E-state index contributed by atoms with van der Waals surface area (Å²) >= 11 is 0. The molecular weight excluding hydrogens is 323 g/mol. The van der Waals surface area contributed by atoms with E-state index in [-0.39, 0.29) is 32.7 Å². The van der Waals surface area contributed by atoms with Gasteiger partial charge in [-0.1, -0.05) is 5.92 Å². The minimum absolute atomic E-state index is 0. The van der Waals surface area contributed by atoms with Gasteiger partial charge in [0.2, 0.25) is 0 Å². The Morgan fingerprint density at radius 2 is 1.80 bits per heavy atom. The van der Waals surface area contributed by atoms with Crippen molar-refractivity contribution in [1.82, 2.24) is 10.2 Å². The van der Waals surface area contributed by atoms with Crippen LogP contribution in [0.2, 0.25) is 0 Å². The second kappa shape index (κ2) is 10.9. The van der Waals surface area contributed by atoms with E-state index in [0.717, 1.165) is 25.0 Å². The van der Waals surface area contributed by atoms with Crippen molar-refractivity contribution in [2.75, 3.05) is 39.8 Å². The number of hydrogen-bond donors (Lipinski definition) is 1. The van der Waals surface area contributed by atoms with E-state index >= 15 is 0 Å². The van der Waals surface area contributed by atoms with Gasteiger partial charge in [-0.25, -0.2) is 0 Å². The van der Waals surface area contributed by atoms with Gasteiger partial charge in [0.05, 0.1) is 0 Å². The number of rotatable bonds is 3. The van der Waals surface area contributed by atoms with Gasteiger partial charge < -0.3 is 15.5 Å². The van der Waals surface area contributed by atoms with Crippen molar-refractivity contribution in [3.8, 4) is 0 Å². The molecule has 3 rings (SSSR count). The molecule has 0 amide bonds. The molecule has 4 heteroatoms. The molecule has 0 aliphatic carbocycles. The molecule has 0 aromatic heterocycles. The Morgan fingerprint density at radius 3 is 2.20 bits per heavy atom. The minimum Gasteiger partial charge on any atom is -0.662 e.